The highest BCUT2D eigenvalue weighted by atomic mass is 32.2. The normalized spacial score (nSPS) is 13.0. The van der Waals surface area contributed by atoms with Crippen LogP contribution in [-0.2, 0) is 10.0 Å². The van der Waals surface area contributed by atoms with Crippen molar-refractivity contribution in [3.63, 3.8) is 0 Å². The monoisotopic (exact) mass is 411 g/mol. The van der Waals surface area contributed by atoms with Gasteiger partial charge >= 0.3 is 0 Å². The van der Waals surface area contributed by atoms with Gasteiger partial charge in [-0.1, -0.05) is 13.0 Å². The number of hydrogen-bond acceptors (Lipinski definition) is 6. The Kier molecular flexibility index (Phi) is 5.12. The van der Waals surface area contributed by atoms with Crippen LogP contribution in [0.15, 0.2) is 49.3 Å². The second-order valence-corrected chi connectivity index (χ2v) is 8.77. The smallest absolute Gasteiger partial charge is 0.208 e. The average Bonchev–Trinajstić information content (AvgIpc) is 3.36. The van der Waals surface area contributed by atoms with Crippen molar-refractivity contribution in [1.82, 2.24) is 34.4 Å². The van der Waals surface area contributed by atoms with Crippen molar-refractivity contribution in [1.29, 1.82) is 0 Å². The first-order chi connectivity index (χ1) is 13.9. The molecule has 4 aromatic heterocycles. The van der Waals surface area contributed by atoms with E-state index in [2.05, 4.69) is 29.8 Å². The minimum Gasteiger partial charge on any atom is -0.343 e. The van der Waals surface area contributed by atoms with Crippen molar-refractivity contribution < 1.29 is 8.42 Å². The van der Waals surface area contributed by atoms with Crippen molar-refractivity contribution in [2.75, 3.05) is 12.8 Å². The van der Waals surface area contributed by atoms with Crippen LogP contribution >= 0.6 is 0 Å². The van der Waals surface area contributed by atoms with Gasteiger partial charge in [-0.3, -0.25) is 0 Å². The molecule has 10 heteroatoms. The summed E-state index contributed by atoms with van der Waals surface area (Å²) in [6.45, 7) is 2.45. The van der Waals surface area contributed by atoms with E-state index >= 15 is 0 Å². The zero-order valence-corrected chi connectivity index (χ0v) is 16.9. The van der Waals surface area contributed by atoms with E-state index in [1.807, 2.05) is 31.3 Å². The first kappa shape index (κ1) is 19.2. The lowest BCUT2D eigenvalue weighted by Gasteiger charge is -2.12. The maximum atomic E-state index is 11.2. The molecular weight excluding hydrogens is 390 g/mol. The van der Waals surface area contributed by atoms with Gasteiger partial charge in [0.05, 0.1) is 24.3 Å². The van der Waals surface area contributed by atoms with Gasteiger partial charge in [0.2, 0.25) is 10.0 Å². The Morgan fingerprint density at radius 1 is 1.17 bits per heavy atom. The van der Waals surface area contributed by atoms with Crippen LogP contribution in [0.2, 0.25) is 0 Å². The molecule has 150 valence electrons. The van der Waals surface area contributed by atoms with E-state index in [4.69, 9.17) is 0 Å². The van der Waals surface area contributed by atoms with Gasteiger partial charge in [-0.25, -0.2) is 32.8 Å². The lowest BCUT2D eigenvalue weighted by molar-refractivity contribution is 0.578. The molecule has 0 aliphatic carbocycles. The Morgan fingerprint density at radius 2 is 2.03 bits per heavy atom. The van der Waals surface area contributed by atoms with Gasteiger partial charge in [-0.2, -0.15) is 5.10 Å². The number of fused-ring (bicyclic) bond motifs is 1. The Morgan fingerprint density at radius 3 is 2.79 bits per heavy atom. The summed E-state index contributed by atoms with van der Waals surface area (Å²) in [5.41, 5.74) is 4.49. The summed E-state index contributed by atoms with van der Waals surface area (Å²) in [6.07, 6.45) is 10.7. The van der Waals surface area contributed by atoms with E-state index in [0.717, 1.165) is 28.5 Å². The number of imidazole rings is 1. The second kappa shape index (κ2) is 7.72. The van der Waals surface area contributed by atoms with Gasteiger partial charge in [0.1, 0.15) is 0 Å². The number of pyridine rings is 2. The molecule has 0 aliphatic rings. The second-order valence-electron chi connectivity index (χ2n) is 6.94. The van der Waals surface area contributed by atoms with E-state index in [-0.39, 0.29) is 5.92 Å². The molecule has 0 aliphatic heterocycles. The predicted molar refractivity (Wildman–Crippen MR) is 110 cm³/mol. The van der Waals surface area contributed by atoms with E-state index in [1.165, 1.54) is 0 Å². The molecule has 4 rings (SSSR count). The minimum atomic E-state index is -3.16. The highest BCUT2D eigenvalue weighted by Crippen LogP contribution is 2.25. The molecule has 0 saturated carbocycles. The SMILES string of the molecule is CC(CCNS(C)(=O)=O)c1ccc(-n2cc(-c3ccnc4nc[nH]c34)cn2)nc1. The lowest BCUT2D eigenvalue weighted by atomic mass is 10.00. The van der Waals surface area contributed by atoms with Gasteiger partial charge in [0, 0.05) is 36.3 Å². The zero-order valence-electron chi connectivity index (χ0n) is 16.1. The first-order valence-corrected chi connectivity index (χ1v) is 11.0. The van der Waals surface area contributed by atoms with E-state index in [1.54, 1.807) is 29.6 Å². The zero-order chi connectivity index (χ0) is 20.4. The average molecular weight is 411 g/mol. The molecule has 0 radical (unpaired) electrons. The number of aromatic nitrogens is 6. The van der Waals surface area contributed by atoms with Gasteiger partial charge in [-0.15, -0.1) is 0 Å². The van der Waals surface area contributed by atoms with Crippen molar-refractivity contribution in [3.05, 3.63) is 54.9 Å². The summed E-state index contributed by atoms with van der Waals surface area (Å²) in [6, 6.07) is 5.82. The largest absolute Gasteiger partial charge is 0.343 e. The number of nitrogens with zero attached hydrogens (tertiary/aromatic N) is 5. The molecule has 4 heterocycles. The first-order valence-electron chi connectivity index (χ1n) is 9.15. The minimum absolute atomic E-state index is 0.185. The summed E-state index contributed by atoms with van der Waals surface area (Å²) in [5.74, 6) is 0.890. The Labute approximate surface area is 168 Å². The number of H-pyrrole nitrogens is 1. The molecule has 29 heavy (non-hydrogen) atoms. The van der Waals surface area contributed by atoms with Crippen LogP contribution in [-0.4, -0.2) is 50.9 Å². The Hall–Kier alpha value is -3.11. The fraction of sp³-hybridized carbons (Fsp3) is 0.263. The van der Waals surface area contributed by atoms with Crippen LogP contribution < -0.4 is 4.72 Å². The summed E-state index contributed by atoms with van der Waals surface area (Å²) in [4.78, 5) is 16.0. The maximum Gasteiger partial charge on any atom is 0.208 e. The topological polar surface area (TPSA) is 118 Å². The third kappa shape index (κ3) is 4.33. The molecule has 0 saturated heterocycles. The molecule has 9 nitrogen and oxygen atoms in total. The summed E-state index contributed by atoms with van der Waals surface area (Å²) < 4.78 is 26.6. The molecule has 1 unspecified atom stereocenters. The molecule has 0 bridgehead atoms. The van der Waals surface area contributed by atoms with Crippen molar-refractivity contribution in [2.45, 2.75) is 19.3 Å². The van der Waals surface area contributed by atoms with Crippen LogP contribution in [0, 0.1) is 0 Å². The molecule has 1 atom stereocenters. The molecule has 0 spiro atoms. The van der Waals surface area contributed by atoms with Gasteiger partial charge in [-0.05, 0) is 30.0 Å². The number of rotatable bonds is 7. The van der Waals surface area contributed by atoms with Crippen LogP contribution in [0.1, 0.15) is 24.8 Å². The predicted octanol–water partition coefficient (Wildman–Crippen LogP) is 2.25. The third-order valence-electron chi connectivity index (χ3n) is 4.74. The van der Waals surface area contributed by atoms with Crippen LogP contribution in [0.25, 0.3) is 28.1 Å². The fourth-order valence-corrected chi connectivity index (χ4v) is 3.62. The number of sulfonamides is 1. The quantitative estimate of drug-likeness (QED) is 0.481. The third-order valence-corrected chi connectivity index (χ3v) is 5.46. The van der Waals surface area contributed by atoms with Crippen molar-refractivity contribution in [2.24, 2.45) is 0 Å². The number of hydrogen-bond donors (Lipinski definition) is 2. The molecule has 4 aromatic rings. The molecule has 2 N–H and O–H groups in total. The maximum absolute atomic E-state index is 11.2. The highest BCUT2D eigenvalue weighted by molar-refractivity contribution is 7.88. The highest BCUT2D eigenvalue weighted by Gasteiger charge is 2.11. The Balaban J connectivity index is 1.49. The lowest BCUT2D eigenvalue weighted by Crippen LogP contribution is -2.23. The standard InChI is InChI=1S/C19H21N7O2S/c1-13(5-8-25-29(2,27)28)14-3-4-17(21-9-14)26-11-15(10-24-26)16-6-7-20-19-18(16)22-12-23-19/h3-4,6-7,9-13,25H,5,8H2,1-2H3,(H,20,22,23). The summed E-state index contributed by atoms with van der Waals surface area (Å²) in [7, 11) is -3.16. The van der Waals surface area contributed by atoms with E-state index < -0.39 is 10.0 Å². The van der Waals surface area contributed by atoms with Crippen molar-refractivity contribution >= 4 is 21.2 Å². The van der Waals surface area contributed by atoms with Gasteiger partial charge < -0.3 is 4.98 Å². The number of nitrogens with one attached hydrogen (secondary N) is 2. The van der Waals surface area contributed by atoms with Crippen LogP contribution in [0.3, 0.4) is 0 Å². The fourth-order valence-electron chi connectivity index (χ4n) is 3.13. The van der Waals surface area contributed by atoms with Crippen molar-refractivity contribution in [3.8, 4) is 16.9 Å². The van der Waals surface area contributed by atoms with Gasteiger partial charge in [0.25, 0.3) is 0 Å². The molecule has 0 fully saturated rings. The Bertz CT molecular complexity index is 1230. The molecule has 0 amide bonds. The van der Waals surface area contributed by atoms with E-state index in [9.17, 15) is 8.42 Å². The van der Waals surface area contributed by atoms with Gasteiger partial charge in [0.15, 0.2) is 11.5 Å². The summed E-state index contributed by atoms with van der Waals surface area (Å²) >= 11 is 0. The molecule has 0 aromatic carbocycles. The summed E-state index contributed by atoms with van der Waals surface area (Å²) in [5, 5.41) is 4.43. The van der Waals surface area contributed by atoms with Crippen LogP contribution in [0.5, 0.6) is 0 Å². The molecular formula is C19H21N7O2S. The van der Waals surface area contributed by atoms with E-state index in [0.29, 0.717) is 24.4 Å². The van der Waals surface area contributed by atoms with Crippen LogP contribution in [0.4, 0.5) is 0 Å². The number of aromatic amines is 1.